The lowest BCUT2D eigenvalue weighted by Gasteiger charge is -2.11. The largest absolute Gasteiger partial charge is 0.319 e. The van der Waals surface area contributed by atoms with E-state index in [1.165, 1.54) is 30.3 Å². The van der Waals surface area contributed by atoms with Crippen molar-refractivity contribution in [1.29, 1.82) is 0 Å². The summed E-state index contributed by atoms with van der Waals surface area (Å²) < 4.78 is 41.1. The number of anilines is 1. The maximum atomic E-state index is 14.3. The van der Waals surface area contributed by atoms with Crippen LogP contribution in [0.5, 0.6) is 0 Å². The van der Waals surface area contributed by atoms with Gasteiger partial charge in [-0.25, -0.2) is 17.5 Å². The van der Waals surface area contributed by atoms with Crippen LogP contribution in [0.1, 0.15) is 30.6 Å². The van der Waals surface area contributed by atoms with Gasteiger partial charge >= 0.3 is 0 Å². The SMILES string of the molecule is CC(C)CCNS(=O)(=O)c1ccc(NC(=O)c2ccc(Cl)cc2Cl)c(F)c1. The van der Waals surface area contributed by atoms with Gasteiger partial charge in [0.05, 0.1) is 21.2 Å². The van der Waals surface area contributed by atoms with Crippen molar-refractivity contribution in [3.63, 3.8) is 0 Å². The molecular weight excluding hydrogens is 414 g/mol. The number of nitrogens with one attached hydrogen (secondary N) is 2. The number of sulfonamides is 1. The number of hydrogen-bond donors (Lipinski definition) is 2. The minimum absolute atomic E-state index is 0.118. The molecule has 2 aromatic rings. The molecular formula is C18H19Cl2FN2O3S. The van der Waals surface area contributed by atoms with Gasteiger partial charge in [-0.1, -0.05) is 37.0 Å². The molecule has 0 saturated carbocycles. The van der Waals surface area contributed by atoms with Gasteiger partial charge in [0.1, 0.15) is 5.82 Å². The molecule has 0 bridgehead atoms. The molecule has 0 fully saturated rings. The van der Waals surface area contributed by atoms with E-state index < -0.39 is 21.7 Å². The summed E-state index contributed by atoms with van der Waals surface area (Å²) in [6.45, 7) is 4.20. The Hall–Kier alpha value is -1.67. The molecule has 0 heterocycles. The molecule has 0 aliphatic rings. The molecule has 0 saturated heterocycles. The molecule has 2 rings (SSSR count). The van der Waals surface area contributed by atoms with Gasteiger partial charge in [0.25, 0.3) is 5.91 Å². The number of halogens is 3. The smallest absolute Gasteiger partial charge is 0.257 e. The molecule has 27 heavy (non-hydrogen) atoms. The molecule has 1 amide bonds. The lowest BCUT2D eigenvalue weighted by Crippen LogP contribution is -2.25. The van der Waals surface area contributed by atoms with E-state index in [-0.39, 0.29) is 27.7 Å². The van der Waals surface area contributed by atoms with Crippen LogP contribution >= 0.6 is 23.2 Å². The van der Waals surface area contributed by atoms with E-state index in [2.05, 4.69) is 10.0 Å². The summed E-state index contributed by atoms with van der Waals surface area (Å²) in [7, 11) is -3.83. The molecule has 0 radical (unpaired) electrons. The minimum atomic E-state index is -3.83. The van der Waals surface area contributed by atoms with Gasteiger partial charge in [-0.05, 0) is 48.7 Å². The van der Waals surface area contributed by atoms with Crippen molar-refractivity contribution in [3.8, 4) is 0 Å². The monoisotopic (exact) mass is 432 g/mol. The molecule has 146 valence electrons. The quantitative estimate of drug-likeness (QED) is 0.664. The molecule has 5 nitrogen and oxygen atoms in total. The third kappa shape index (κ3) is 5.90. The number of amides is 1. The van der Waals surface area contributed by atoms with Crippen LogP contribution in [0.3, 0.4) is 0 Å². The Kier molecular flexibility index (Phi) is 7.22. The summed E-state index contributed by atoms with van der Waals surface area (Å²) in [4.78, 5) is 12.0. The molecule has 0 aliphatic carbocycles. The van der Waals surface area contributed by atoms with E-state index in [4.69, 9.17) is 23.2 Å². The number of hydrogen-bond acceptors (Lipinski definition) is 3. The van der Waals surface area contributed by atoms with Crippen LogP contribution in [-0.4, -0.2) is 20.9 Å². The third-order valence-electron chi connectivity index (χ3n) is 3.69. The first-order chi connectivity index (χ1) is 12.6. The fraction of sp³-hybridized carbons (Fsp3) is 0.278. The summed E-state index contributed by atoms with van der Waals surface area (Å²) in [5.74, 6) is -1.18. The van der Waals surface area contributed by atoms with Crippen LogP contribution in [0.25, 0.3) is 0 Å². The first-order valence-electron chi connectivity index (χ1n) is 8.16. The van der Waals surface area contributed by atoms with E-state index in [0.717, 1.165) is 6.07 Å². The fourth-order valence-electron chi connectivity index (χ4n) is 2.19. The summed E-state index contributed by atoms with van der Waals surface area (Å²) >= 11 is 11.7. The zero-order valence-electron chi connectivity index (χ0n) is 14.7. The number of carbonyl (C=O) groups is 1. The summed E-state index contributed by atoms with van der Waals surface area (Å²) in [6, 6.07) is 7.56. The first-order valence-corrected chi connectivity index (χ1v) is 10.4. The van der Waals surface area contributed by atoms with Crippen molar-refractivity contribution >= 4 is 44.8 Å². The Morgan fingerprint density at radius 3 is 2.44 bits per heavy atom. The van der Waals surface area contributed by atoms with Crippen molar-refractivity contribution in [2.24, 2.45) is 5.92 Å². The minimum Gasteiger partial charge on any atom is -0.319 e. The van der Waals surface area contributed by atoms with Gasteiger partial charge < -0.3 is 5.32 Å². The normalized spacial score (nSPS) is 11.6. The maximum Gasteiger partial charge on any atom is 0.257 e. The van der Waals surface area contributed by atoms with Gasteiger partial charge in [-0.3, -0.25) is 4.79 Å². The number of benzene rings is 2. The molecule has 0 aromatic heterocycles. The Labute approximate surface area is 167 Å². The van der Waals surface area contributed by atoms with Crippen molar-refractivity contribution in [2.45, 2.75) is 25.2 Å². The Morgan fingerprint density at radius 1 is 1.15 bits per heavy atom. The summed E-state index contributed by atoms with van der Waals surface area (Å²) in [5, 5.41) is 2.85. The van der Waals surface area contributed by atoms with Crippen LogP contribution < -0.4 is 10.0 Å². The van der Waals surface area contributed by atoms with Crippen LogP contribution in [-0.2, 0) is 10.0 Å². The van der Waals surface area contributed by atoms with Crippen molar-refractivity contribution in [2.75, 3.05) is 11.9 Å². The second-order valence-corrected chi connectivity index (χ2v) is 8.91. The van der Waals surface area contributed by atoms with Crippen LogP contribution in [0.15, 0.2) is 41.3 Å². The van der Waals surface area contributed by atoms with Crippen LogP contribution in [0, 0.1) is 11.7 Å². The number of rotatable bonds is 7. The fourth-order valence-corrected chi connectivity index (χ4v) is 3.75. The summed E-state index contributed by atoms with van der Waals surface area (Å²) in [5.41, 5.74) is -0.0420. The number of carbonyl (C=O) groups excluding carboxylic acids is 1. The van der Waals surface area contributed by atoms with Crippen LogP contribution in [0.2, 0.25) is 10.0 Å². The Morgan fingerprint density at radius 2 is 1.85 bits per heavy atom. The second kappa shape index (κ2) is 9.01. The van der Waals surface area contributed by atoms with Crippen molar-refractivity contribution < 1.29 is 17.6 Å². The maximum absolute atomic E-state index is 14.3. The Bertz CT molecular complexity index is 950. The van der Waals surface area contributed by atoms with E-state index in [9.17, 15) is 17.6 Å². The average molecular weight is 433 g/mol. The lowest BCUT2D eigenvalue weighted by molar-refractivity contribution is 0.102. The highest BCUT2D eigenvalue weighted by atomic mass is 35.5. The molecule has 2 aromatic carbocycles. The predicted molar refractivity (Wildman–Crippen MR) is 105 cm³/mol. The van der Waals surface area contributed by atoms with Gasteiger partial charge in [-0.15, -0.1) is 0 Å². The molecule has 0 atom stereocenters. The van der Waals surface area contributed by atoms with Crippen LogP contribution in [0.4, 0.5) is 10.1 Å². The van der Waals surface area contributed by atoms with E-state index in [1.54, 1.807) is 0 Å². The molecule has 0 spiro atoms. The predicted octanol–water partition coefficient (Wildman–Crippen LogP) is 4.71. The third-order valence-corrected chi connectivity index (χ3v) is 5.70. The van der Waals surface area contributed by atoms with E-state index in [0.29, 0.717) is 17.4 Å². The zero-order valence-corrected chi connectivity index (χ0v) is 17.1. The van der Waals surface area contributed by atoms with Gasteiger partial charge in [0.15, 0.2) is 0 Å². The first kappa shape index (κ1) is 21.6. The average Bonchev–Trinajstić information content (AvgIpc) is 2.55. The lowest BCUT2D eigenvalue weighted by atomic mass is 10.1. The second-order valence-electron chi connectivity index (χ2n) is 6.30. The molecule has 0 aliphatic heterocycles. The highest BCUT2D eigenvalue weighted by Gasteiger charge is 2.18. The standard InChI is InChI=1S/C18H19Cl2FN2O3S/c1-11(2)7-8-22-27(25,26)13-4-6-17(16(21)10-13)23-18(24)14-5-3-12(19)9-15(14)20/h3-6,9-11,22H,7-8H2,1-2H3,(H,23,24). The Balaban J connectivity index is 2.15. The highest BCUT2D eigenvalue weighted by molar-refractivity contribution is 7.89. The van der Waals surface area contributed by atoms with Gasteiger partial charge in [0, 0.05) is 11.6 Å². The highest BCUT2D eigenvalue weighted by Crippen LogP contribution is 2.24. The van der Waals surface area contributed by atoms with E-state index >= 15 is 0 Å². The zero-order chi connectivity index (χ0) is 20.2. The van der Waals surface area contributed by atoms with Gasteiger partial charge in [0.2, 0.25) is 10.0 Å². The topological polar surface area (TPSA) is 75.3 Å². The van der Waals surface area contributed by atoms with E-state index in [1.807, 2.05) is 13.8 Å². The molecule has 2 N–H and O–H groups in total. The van der Waals surface area contributed by atoms with Crippen molar-refractivity contribution in [1.82, 2.24) is 4.72 Å². The van der Waals surface area contributed by atoms with Gasteiger partial charge in [-0.2, -0.15) is 0 Å². The molecule has 9 heteroatoms. The molecule has 0 unspecified atom stereocenters. The summed E-state index contributed by atoms with van der Waals surface area (Å²) in [6.07, 6.45) is 0.664. The van der Waals surface area contributed by atoms with Crippen molar-refractivity contribution in [3.05, 3.63) is 57.8 Å².